The first-order valence-corrected chi connectivity index (χ1v) is 4.23. The third kappa shape index (κ3) is 2.07. The van der Waals surface area contributed by atoms with Gasteiger partial charge in [-0.2, -0.15) is 0 Å². The molecule has 14 heavy (non-hydrogen) atoms. The molecule has 0 aliphatic carbocycles. The number of benzene rings is 1. The van der Waals surface area contributed by atoms with E-state index < -0.39 is 0 Å². The number of para-hydroxylation sites is 1. The lowest BCUT2D eigenvalue weighted by atomic mass is 10.1. The Kier molecular flexibility index (Phi) is 3.19. The third-order valence-corrected chi connectivity index (χ3v) is 2.00. The maximum Gasteiger partial charge on any atom is 0.275 e. The van der Waals surface area contributed by atoms with Gasteiger partial charge in [0.05, 0.1) is 11.3 Å². The van der Waals surface area contributed by atoms with Crippen LogP contribution in [0.25, 0.3) is 4.85 Å². The minimum atomic E-state index is -0.380. The molecule has 0 spiro atoms. The molecular formula is C10H10N2O2. The highest BCUT2D eigenvalue weighted by Crippen LogP contribution is 2.23. The molecule has 0 aliphatic heterocycles. The molecular weight excluding hydrogens is 180 g/mol. The van der Waals surface area contributed by atoms with Gasteiger partial charge in [0, 0.05) is 11.1 Å². The largest absolute Gasteiger partial charge is 0.317 e. The molecule has 72 valence electrons. The minimum absolute atomic E-state index is 0.149. The summed E-state index contributed by atoms with van der Waals surface area (Å²) in [7, 11) is 0. The Morgan fingerprint density at radius 2 is 2.29 bits per heavy atom. The van der Waals surface area contributed by atoms with Crippen LogP contribution in [0.2, 0.25) is 0 Å². The lowest BCUT2D eigenvalue weighted by Gasteiger charge is -2.01. The fourth-order valence-corrected chi connectivity index (χ4v) is 1.36. The Balaban J connectivity index is 3.09. The number of nitro benzene ring substituents is 1. The molecule has 1 aromatic carbocycles. The summed E-state index contributed by atoms with van der Waals surface area (Å²) in [4.78, 5) is 13.5. The van der Waals surface area contributed by atoms with Crippen LogP contribution < -0.4 is 0 Å². The van der Waals surface area contributed by atoms with Crippen molar-refractivity contribution >= 4 is 5.69 Å². The molecule has 0 heterocycles. The number of hydrogen-bond donors (Lipinski definition) is 0. The van der Waals surface area contributed by atoms with Crippen LogP contribution in [-0.4, -0.2) is 11.5 Å². The zero-order valence-electron chi connectivity index (χ0n) is 7.86. The van der Waals surface area contributed by atoms with Crippen LogP contribution in [0.1, 0.15) is 11.1 Å². The number of rotatable bonds is 3. The van der Waals surface area contributed by atoms with Gasteiger partial charge < -0.3 is 4.85 Å². The summed E-state index contributed by atoms with van der Waals surface area (Å²) in [6.07, 6.45) is 0.446. The van der Waals surface area contributed by atoms with Crippen molar-refractivity contribution in [2.75, 3.05) is 6.54 Å². The van der Waals surface area contributed by atoms with E-state index in [2.05, 4.69) is 4.85 Å². The average molecular weight is 190 g/mol. The first-order valence-electron chi connectivity index (χ1n) is 4.23. The summed E-state index contributed by atoms with van der Waals surface area (Å²) in [5.74, 6) is 0. The van der Waals surface area contributed by atoms with E-state index >= 15 is 0 Å². The molecule has 0 saturated carbocycles. The Hall–Kier alpha value is -1.89. The van der Waals surface area contributed by atoms with Crippen molar-refractivity contribution in [3.05, 3.63) is 50.9 Å². The summed E-state index contributed by atoms with van der Waals surface area (Å²) < 4.78 is 0. The predicted molar refractivity (Wildman–Crippen MR) is 53.0 cm³/mol. The zero-order chi connectivity index (χ0) is 10.6. The molecule has 0 radical (unpaired) electrons. The van der Waals surface area contributed by atoms with Crippen LogP contribution in [0.4, 0.5) is 5.69 Å². The second-order valence-corrected chi connectivity index (χ2v) is 2.97. The quantitative estimate of drug-likeness (QED) is 0.417. The van der Waals surface area contributed by atoms with Gasteiger partial charge in [0.2, 0.25) is 6.54 Å². The van der Waals surface area contributed by atoms with E-state index in [0.29, 0.717) is 24.1 Å². The molecule has 0 N–H and O–H groups in total. The van der Waals surface area contributed by atoms with E-state index in [1.165, 1.54) is 0 Å². The lowest BCUT2D eigenvalue weighted by molar-refractivity contribution is -0.386. The number of nitrogens with zero attached hydrogens (tertiary/aromatic N) is 2. The highest BCUT2D eigenvalue weighted by Gasteiger charge is 2.16. The molecule has 0 bridgehead atoms. The normalized spacial score (nSPS) is 9.43. The Bertz CT molecular complexity index is 394. The number of aryl methyl sites for hydroxylation is 1. The minimum Gasteiger partial charge on any atom is -0.317 e. The van der Waals surface area contributed by atoms with E-state index in [4.69, 9.17) is 6.57 Å². The summed E-state index contributed by atoms with van der Waals surface area (Å²) in [6.45, 7) is 8.64. The van der Waals surface area contributed by atoms with Crippen molar-refractivity contribution < 1.29 is 4.92 Å². The summed E-state index contributed by atoms with van der Waals surface area (Å²) in [5.41, 5.74) is 1.44. The van der Waals surface area contributed by atoms with Crippen molar-refractivity contribution in [3.8, 4) is 0 Å². The SMILES string of the molecule is [C-]#[N+]CCc1cccc(C)c1[N+](=O)[O-]. The van der Waals surface area contributed by atoms with Crippen molar-refractivity contribution in [3.63, 3.8) is 0 Å². The number of nitro groups is 1. The standard InChI is InChI=1S/C10H10N2O2/c1-8-4-3-5-9(6-7-11-2)10(8)12(13)14/h3-5H,6-7H2,1H3. The molecule has 0 atom stereocenters. The van der Waals surface area contributed by atoms with Gasteiger partial charge in [-0.05, 0) is 6.92 Å². The smallest absolute Gasteiger partial charge is 0.275 e. The highest BCUT2D eigenvalue weighted by atomic mass is 16.6. The van der Waals surface area contributed by atoms with Gasteiger partial charge in [-0.1, -0.05) is 18.2 Å². The van der Waals surface area contributed by atoms with Gasteiger partial charge in [0.15, 0.2) is 0 Å². The Labute approximate surface area is 82.1 Å². The van der Waals surface area contributed by atoms with Gasteiger partial charge >= 0.3 is 0 Å². The molecule has 0 saturated heterocycles. The first kappa shape index (κ1) is 10.2. The summed E-state index contributed by atoms with van der Waals surface area (Å²) in [6, 6.07) is 5.19. The van der Waals surface area contributed by atoms with E-state index in [0.717, 1.165) is 0 Å². The molecule has 0 fully saturated rings. The zero-order valence-corrected chi connectivity index (χ0v) is 7.86. The second-order valence-electron chi connectivity index (χ2n) is 2.97. The molecule has 0 unspecified atom stereocenters. The van der Waals surface area contributed by atoms with E-state index in [9.17, 15) is 10.1 Å². The molecule has 0 amide bonds. The monoisotopic (exact) mass is 190 g/mol. The molecule has 1 aromatic rings. The van der Waals surface area contributed by atoms with Gasteiger partial charge in [-0.3, -0.25) is 10.1 Å². The fourth-order valence-electron chi connectivity index (χ4n) is 1.36. The first-order chi connectivity index (χ1) is 6.66. The average Bonchev–Trinajstić information content (AvgIpc) is 2.14. The Morgan fingerprint density at radius 1 is 1.57 bits per heavy atom. The van der Waals surface area contributed by atoms with Crippen LogP contribution in [0, 0.1) is 23.6 Å². The molecule has 0 aromatic heterocycles. The van der Waals surface area contributed by atoms with Crippen LogP contribution in [0.15, 0.2) is 18.2 Å². The molecule has 4 heteroatoms. The molecule has 4 nitrogen and oxygen atoms in total. The highest BCUT2D eigenvalue weighted by molar-refractivity contribution is 5.47. The van der Waals surface area contributed by atoms with Crippen molar-refractivity contribution in [2.24, 2.45) is 0 Å². The van der Waals surface area contributed by atoms with Gasteiger partial charge in [0.1, 0.15) is 0 Å². The maximum absolute atomic E-state index is 10.7. The topological polar surface area (TPSA) is 47.5 Å². The van der Waals surface area contributed by atoms with Gasteiger partial charge in [-0.25, -0.2) is 6.57 Å². The molecule has 1 rings (SSSR count). The fraction of sp³-hybridized carbons (Fsp3) is 0.300. The van der Waals surface area contributed by atoms with Gasteiger partial charge in [0.25, 0.3) is 5.69 Å². The Morgan fingerprint density at radius 3 is 2.86 bits per heavy atom. The summed E-state index contributed by atoms with van der Waals surface area (Å²) in [5, 5.41) is 10.7. The third-order valence-electron chi connectivity index (χ3n) is 2.00. The van der Waals surface area contributed by atoms with Gasteiger partial charge in [-0.15, -0.1) is 0 Å². The van der Waals surface area contributed by atoms with E-state index in [1.54, 1.807) is 25.1 Å². The lowest BCUT2D eigenvalue weighted by Crippen LogP contribution is -1.99. The van der Waals surface area contributed by atoms with E-state index in [1.807, 2.05) is 0 Å². The van der Waals surface area contributed by atoms with Crippen molar-refractivity contribution in [1.29, 1.82) is 0 Å². The second kappa shape index (κ2) is 4.38. The van der Waals surface area contributed by atoms with Crippen molar-refractivity contribution in [1.82, 2.24) is 0 Å². The van der Waals surface area contributed by atoms with Crippen LogP contribution >= 0.6 is 0 Å². The predicted octanol–water partition coefficient (Wildman–Crippen LogP) is 2.37. The van der Waals surface area contributed by atoms with Crippen molar-refractivity contribution in [2.45, 2.75) is 13.3 Å². The van der Waals surface area contributed by atoms with Crippen LogP contribution in [0.5, 0.6) is 0 Å². The maximum atomic E-state index is 10.7. The molecule has 0 aliphatic rings. The summed E-state index contributed by atoms with van der Waals surface area (Å²) >= 11 is 0. The number of hydrogen-bond acceptors (Lipinski definition) is 2. The van der Waals surface area contributed by atoms with E-state index in [-0.39, 0.29) is 10.6 Å². The van der Waals surface area contributed by atoms with Crippen LogP contribution in [-0.2, 0) is 6.42 Å². The van der Waals surface area contributed by atoms with Crippen LogP contribution in [0.3, 0.4) is 0 Å².